The number of hydrogen-bond acceptors (Lipinski definition) is 6. The van der Waals surface area contributed by atoms with Gasteiger partial charge in [0.1, 0.15) is 17.3 Å². The highest BCUT2D eigenvalue weighted by Gasteiger charge is 2.13. The van der Waals surface area contributed by atoms with E-state index in [0.717, 1.165) is 38.5 Å². The van der Waals surface area contributed by atoms with Crippen LogP contribution >= 0.6 is 11.6 Å². The van der Waals surface area contributed by atoms with E-state index in [1.807, 2.05) is 12.1 Å². The van der Waals surface area contributed by atoms with Crippen LogP contribution in [0.5, 0.6) is 0 Å². The van der Waals surface area contributed by atoms with E-state index in [0.29, 0.717) is 28.9 Å². The lowest BCUT2D eigenvalue weighted by Gasteiger charge is -2.26. The molecule has 0 aliphatic carbocycles. The Kier molecular flexibility index (Phi) is 6.38. The number of aryl methyl sites for hydroxylation is 1. The minimum atomic E-state index is -0.206. The Morgan fingerprint density at radius 1 is 1.23 bits per heavy atom. The molecule has 2 heterocycles. The van der Waals surface area contributed by atoms with Gasteiger partial charge in [0.25, 0.3) is 5.91 Å². The van der Waals surface area contributed by atoms with Gasteiger partial charge in [0.05, 0.1) is 13.2 Å². The first-order valence-corrected chi connectivity index (χ1v) is 8.94. The molecule has 138 valence electrons. The first kappa shape index (κ1) is 18.6. The number of hydrogen-bond donors (Lipinski definition) is 2. The van der Waals surface area contributed by atoms with Crippen molar-refractivity contribution >= 4 is 29.0 Å². The molecule has 0 bridgehead atoms. The molecule has 1 saturated heterocycles. The van der Waals surface area contributed by atoms with Crippen LogP contribution in [0.1, 0.15) is 16.3 Å². The van der Waals surface area contributed by atoms with E-state index < -0.39 is 0 Å². The number of ether oxygens (including phenoxy) is 1. The molecule has 2 N–H and O–H groups in total. The third-order valence-electron chi connectivity index (χ3n) is 4.00. The van der Waals surface area contributed by atoms with E-state index in [4.69, 9.17) is 16.3 Å². The zero-order valence-corrected chi connectivity index (χ0v) is 15.4. The second-order valence-corrected chi connectivity index (χ2v) is 6.46. The number of anilines is 2. The molecule has 8 heteroatoms. The van der Waals surface area contributed by atoms with Gasteiger partial charge in [-0.25, -0.2) is 9.97 Å². The summed E-state index contributed by atoms with van der Waals surface area (Å²) in [4.78, 5) is 23.2. The second kappa shape index (κ2) is 8.93. The summed E-state index contributed by atoms with van der Waals surface area (Å²) in [5.74, 6) is 0.892. The number of benzene rings is 1. The molecule has 1 fully saturated rings. The number of aromatic nitrogens is 2. The Labute approximate surface area is 157 Å². The summed E-state index contributed by atoms with van der Waals surface area (Å²) in [6, 6.07) is 8.92. The molecular formula is C18H22ClN5O2. The average Bonchev–Trinajstić information content (AvgIpc) is 2.64. The van der Waals surface area contributed by atoms with Crippen molar-refractivity contribution < 1.29 is 9.53 Å². The fourth-order valence-corrected chi connectivity index (χ4v) is 2.80. The van der Waals surface area contributed by atoms with Crippen LogP contribution in [0.15, 0.2) is 30.3 Å². The van der Waals surface area contributed by atoms with Crippen molar-refractivity contribution in [2.45, 2.75) is 6.92 Å². The van der Waals surface area contributed by atoms with Gasteiger partial charge in [0, 0.05) is 43.0 Å². The second-order valence-electron chi connectivity index (χ2n) is 6.03. The van der Waals surface area contributed by atoms with Crippen LogP contribution in [-0.4, -0.2) is 60.2 Å². The van der Waals surface area contributed by atoms with Crippen molar-refractivity contribution in [3.05, 3.63) is 46.9 Å². The summed E-state index contributed by atoms with van der Waals surface area (Å²) >= 11 is 5.89. The molecule has 26 heavy (non-hydrogen) atoms. The van der Waals surface area contributed by atoms with Crippen molar-refractivity contribution in [3.8, 4) is 0 Å². The van der Waals surface area contributed by atoms with Crippen LogP contribution in [0.3, 0.4) is 0 Å². The first-order valence-electron chi connectivity index (χ1n) is 8.57. The highest BCUT2D eigenvalue weighted by Crippen LogP contribution is 2.18. The van der Waals surface area contributed by atoms with Crippen LogP contribution in [0, 0.1) is 6.92 Å². The normalized spacial score (nSPS) is 14.8. The maximum atomic E-state index is 12.4. The van der Waals surface area contributed by atoms with Gasteiger partial charge in [-0.1, -0.05) is 11.6 Å². The van der Waals surface area contributed by atoms with Crippen LogP contribution < -0.4 is 10.6 Å². The van der Waals surface area contributed by atoms with Gasteiger partial charge >= 0.3 is 0 Å². The van der Waals surface area contributed by atoms with Crippen molar-refractivity contribution in [2.24, 2.45) is 0 Å². The summed E-state index contributed by atoms with van der Waals surface area (Å²) in [6.07, 6.45) is 0. The Morgan fingerprint density at radius 2 is 1.96 bits per heavy atom. The van der Waals surface area contributed by atoms with Gasteiger partial charge in [0.15, 0.2) is 0 Å². The lowest BCUT2D eigenvalue weighted by molar-refractivity contribution is 0.0383. The Morgan fingerprint density at radius 3 is 2.69 bits per heavy atom. The van der Waals surface area contributed by atoms with Gasteiger partial charge in [-0.05, 0) is 31.2 Å². The van der Waals surface area contributed by atoms with Crippen molar-refractivity contribution in [3.63, 3.8) is 0 Å². The van der Waals surface area contributed by atoms with Gasteiger partial charge in [0.2, 0.25) is 0 Å². The first-order chi connectivity index (χ1) is 12.6. The Bertz CT molecular complexity index is 748. The zero-order valence-electron chi connectivity index (χ0n) is 14.7. The van der Waals surface area contributed by atoms with Crippen LogP contribution in [-0.2, 0) is 4.74 Å². The standard InChI is InChI=1S/C18H22ClN5O2/c1-13-21-16(18(25)20-6-7-24-8-10-26-11-9-24)12-17(22-13)23-15-4-2-14(19)3-5-15/h2-5,12H,6-11H2,1H3,(H,20,25)(H,21,22,23). The molecule has 1 aliphatic heterocycles. The van der Waals surface area contributed by atoms with E-state index in [1.54, 1.807) is 25.1 Å². The third-order valence-corrected chi connectivity index (χ3v) is 4.26. The van der Waals surface area contributed by atoms with Crippen molar-refractivity contribution in [1.29, 1.82) is 0 Å². The number of amides is 1. The Hall–Kier alpha value is -2.22. The van der Waals surface area contributed by atoms with Gasteiger partial charge in [-0.2, -0.15) is 0 Å². The number of nitrogens with one attached hydrogen (secondary N) is 2. The summed E-state index contributed by atoms with van der Waals surface area (Å²) in [5, 5.41) is 6.74. The number of carbonyl (C=O) groups is 1. The van der Waals surface area contributed by atoms with Gasteiger partial charge in [-0.15, -0.1) is 0 Å². The van der Waals surface area contributed by atoms with E-state index >= 15 is 0 Å². The lowest BCUT2D eigenvalue weighted by atomic mass is 10.3. The molecular weight excluding hydrogens is 354 g/mol. The highest BCUT2D eigenvalue weighted by molar-refractivity contribution is 6.30. The average molecular weight is 376 g/mol. The van der Waals surface area contributed by atoms with Crippen LogP contribution in [0.4, 0.5) is 11.5 Å². The predicted molar refractivity (Wildman–Crippen MR) is 101 cm³/mol. The number of rotatable bonds is 6. The number of halogens is 1. The lowest BCUT2D eigenvalue weighted by Crippen LogP contribution is -2.41. The van der Waals surface area contributed by atoms with E-state index in [2.05, 4.69) is 25.5 Å². The number of nitrogens with zero attached hydrogens (tertiary/aromatic N) is 3. The Balaban J connectivity index is 1.58. The molecule has 7 nitrogen and oxygen atoms in total. The van der Waals surface area contributed by atoms with Crippen molar-refractivity contribution in [2.75, 3.05) is 44.7 Å². The van der Waals surface area contributed by atoms with Gasteiger partial charge < -0.3 is 15.4 Å². The van der Waals surface area contributed by atoms with Crippen LogP contribution in [0.25, 0.3) is 0 Å². The summed E-state index contributed by atoms with van der Waals surface area (Å²) in [6.45, 7) is 6.43. The molecule has 1 aromatic carbocycles. The van der Waals surface area contributed by atoms with E-state index in [1.165, 1.54) is 0 Å². The molecule has 2 aromatic rings. The number of carbonyl (C=O) groups excluding carboxylic acids is 1. The molecule has 1 aliphatic rings. The smallest absolute Gasteiger partial charge is 0.270 e. The molecule has 0 radical (unpaired) electrons. The molecule has 0 atom stereocenters. The largest absolute Gasteiger partial charge is 0.379 e. The SMILES string of the molecule is Cc1nc(Nc2ccc(Cl)cc2)cc(C(=O)NCCN2CCOCC2)n1. The maximum Gasteiger partial charge on any atom is 0.270 e. The minimum Gasteiger partial charge on any atom is -0.379 e. The van der Waals surface area contributed by atoms with E-state index in [-0.39, 0.29) is 5.91 Å². The summed E-state index contributed by atoms with van der Waals surface area (Å²) < 4.78 is 5.32. The molecule has 3 rings (SSSR count). The minimum absolute atomic E-state index is 0.206. The third kappa shape index (κ3) is 5.39. The number of morpholine rings is 1. The highest BCUT2D eigenvalue weighted by atomic mass is 35.5. The maximum absolute atomic E-state index is 12.4. The van der Waals surface area contributed by atoms with E-state index in [9.17, 15) is 4.79 Å². The molecule has 0 spiro atoms. The molecule has 0 unspecified atom stereocenters. The predicted octanol–water partition coefficient (Wildman–Crippen LogP) is 2.24. The van der Waals surface area contributed by atoms with Gasteiger partial charge in [-0.3, -0.25) is 9.69 Å². The van der Waals surface area contributed by atoms with Crippen LogP contribution in [0.2, 0.25) is 5.02 Å². The summed E-state index contributed by atoms with van der Waals surface area (Å²) in [7, 11) is 0. The fraction of sp³-hybridized carbons (Fsp3) is 0.389. The molecule has 1 aromatic heterocycles. The summed E-state index contributed by atoms with van der Waals surface area (Å²) in [5.41, 5.74) is 1.18. The van der Waals surface area contributed by atoms with Crippen molar-refractivity contribution in [1.82, 2.24) is 20.2 Å². The fourth-order valence-electron chi connectivity index (χ4n) is 2.67. The zero-order chi connectivity index (χ0) is 18.4. The quantitative estimate of drug-likeness (QED) is 0.806. The topological polar surface area (TPSA) is 79.4 Å². The molecule has 1 amide bonds. The monoisotopic (exact) mass is 375 g/mol. The molecule has 0 saturated carbocycles.